The summed E-state index contributed by atoms with van der Waals surface area (Å²) in [6.45, 7) is 0. The van der Waals surface area contributed by atoms with Crippen molar-refractivity contribution >= 4 is 28.9 Å². The second-order valence-corrected chi connectivity index (χ2v) is 7.13. The lowest BCUT2D eigenvalue weighted by Gasteiger charge is -2.07. The first-order valence-corrected chi connectivity index (χ1v) is 9.94. The van der Waals surface area contributed by atoms with Crippen LogP contribution in [0, 0.1) is 0 Å². The van der Waals surface area contributed by atoms with Crippen LogP contribution in [0.3, 0.4) is 0 Å². The van der Waals surface area contributed by atoms with Crippen molar-refractivity contribution in [3.63, 3.8) is 0 Å². The third kappa shape index (κ3) is 4.95. The Kier molecular flexibility index (Phi) is 5.90. The number of aryl methyl sites for hydroxylation is 1. The first-order chi connectivity index (χ1) is 14.7. The van der Waals surface area contributed by atoms with Crippen LogP contribution >= 0.6 is 11.3 Å². The van der Waals surface area contributed by atoms with Crippen molar-refractivity contribution in [1.29, 1.82) is 0 Å². The molecular weight excluding hydrogens is 404 g/mol. The zero-order valence-corrected chi connectivity index (χ0v) is 16.5. The number of pyridine rings is 1. The normalized spacial score (nSPS) is 10.5. The molecule has 0 spiro atoms. The molecule has 150 valence electrons. The number of rotatable bonds is 7. The molecule has 9 heteroatoms. The summed E-state index contributed by atoms with van der Waals surface area (Å²) in [5.41, 5.74) is 1.27. The molecule has 3 aromatic heterocycles. The summed E-state index contributed by atoms with van der Waals surface area (Å²) in [4.78, 5) is 33.2. The number of benzene rings is 1. The molecule has 8 nitrogen and oxygen atoms in total. The molecule has 0 fully saturated rings. The van der Waals surface area contributed by atoms with Crippen LogP contribution in [-0.2, 0) is 11.2 Å². The Hall–Kier alpha value is -3.85. The number of hydrogen-bond donors (Lipinski definition) is 1. The van der Waals surface area contributed by atoms with Crippen LogP contribution in [-0.4, -0.2) is 27.0 Å². The fourth-order valence-electron chi connectivity index (χ4n) is 2.60. The Balaban J connectivity index is 1.31. The molecule has 0 radical (unpaired) electrons. The minimum absolute atomic E-state index is 0.0699. The summed E-state index contributed by atoms with van der Waals surface area (Å²) in [5, 5.41) is 8.50. The van der Waals surface area contributed by atoms with Crippen molar-refractivity contribution in [2.45, 2.75) is 12.8 Å². The minimum Gasteiger partial charge on any atom is -0.426 e. The monoisotopic (exact) mass is 420 g/mol. The molecule has 1 amide bonds. The van der Waals surface area contributed by atoms with Gasteiger partial charge in [-0.3, -0.25) is 14.6 Å². The summed E-state index contributed by atoms with van der Waals surface area (Å²) < 4.78 is 10.5. The van der Waals surface area contributed by atoms with Gasteiger partial charge in [0, 0.05) is 36.1 Å². The smallest absolute Gasteiger partial charge is 0.311 e. The molecule has 4 rings (SSSR count). The van der Waals surface area contributed by atoms with Crippen LogP contribution in [0.25, 0.3) is 11.4 Å². The second-order valence-electron chi connectivity index (χ2n) is 6.19. The molecule has 1 N–H and O–H groups in total. The SMILES string of the molecule is O=C(CCc1nc(-c2cccnc2)no1)Oc1cccc(NC(=O)c2cccs2)c1. The van der Waals surface area contributed by atoms with Gasteiger partial charge in [0.15, 0.2) is 0 Å². The maximum Gasteiger partial charge on any atom is 0.311 e. The van der Waals surface area contributed by atoms with E-state index in [1.54, 1.807) is 54.9 Å². The van der Waals surface area contributed by atoms with Gasteiger partial charge in [0.2, 0.25) is 11.7 Å². The number of aromatic nitrogens is 3. The van der Waals surface area contributed by atoms with Gasteiger partial charge in [0.1, 0.15) is 5.75 Å². The Bertz CT molecular complexity index is 1140. The number of nitrogens with zero attached hydrogens (tertiary/aromatic N) is 3. The number of thiophene rings is 1. The third-order valence-electron chi connectivity index (χ3n) is 4.00. The van der Waals surface area contributed by atoms with Crippen LogP contribution in [0.4, 0.5) is 5.69 Å². The molecule has 0 aliphatic carbocycles. The lowest BCUT2D eigenvalue weighted by atomic mass is 10.2. The summed E-state index contributed by atoms with van der Waals surface area (Å²) in [5.74, 6) is 0.432. The van der Waals surface area contributed by atoms with E-state index in [9.17, 15) is 9.59 Å². The average molecular weight is 420 g/mol. The summed E-state index contributed by atoms with van der Waals surface area (Å²) in [6.07, 6.45) is 3.61. The fraction of sp³-hybridized carbons (Fsp3) is 0.0952. The van der Waals surface area contributed by atoms with E-state index >= 15 is 0 Å². The van der Waals surface area contributed by atoms with Crippen LogP contribution < -0.4 is 10.1 Å². The van der Waals surface area contributed by atoms with Gasteiger partial charge in [0.05, 0.1) is 11.3 Å². The van der Waals surface area contributed by atoms with Gasteiger partial charge < -0.3 is 14.6 Å². The molecule has 0 atom stereocenters. The van der Waals surface area contributed by atoms with Gasteiger partial charge in [-0.15, -0.1) is 11.3 Å². The van der Waals surface area contributed by atoms with Gasteiger partial charge in [0.25, 0.3) is 5.91 Å². The van der Waals surface area contributed by atoms with Gasteiger partial charge >= 0.3 is 5.97 Å². The third-order valence-corrected chi connectivity index (χ3v) is 4.87. The molecule has 0 aliphatic heterocycles. The predicted molar refractivity (Wildman–Crippen MR) is 110 cm³/mol. The van der Waals surface area contributed by atoms with Gasteiger partial charge in [-0.05, 0) is 35.7 Å². The van der Waals surface area contributed by atoms with Crippen molar-refractivity contribution in [3.8, 4) is 17.1 Å². The molecule has 30 heavy (non-hydrogen) atoms. The van der Waals surface area contributed by atoms with E-state index in [4.69, 9.17) is 9.26 Å². The van der Waals surface area contributed by atoms with Gasteiger partial charge in [-0.1, -0.05) is 17.3 Å². The summed E-state index contributed by atoms with van der Waals surface area (Å²) >= 11 is 1.35. The van der Waals surface area contributed by atoms with E-state index in [1.165, 1.54) is 11.3 Å². The lowest BCUT2D eigenvalue weighted by molar-refractivity contribution is -0.134. The highest BCUT2D eigenvalue weighted by Gasteiger charge is 2.13. The average Bonchev–Trinajstić information content (AvgIpc) is 3.46. The number of carbonyl (C=O) groups excluding carboxylic acids is 2. The molecule has 0 saturated heterocycles. The molecule has 0 saturated carbocycles. The van der Waals surface area contributed by atoms with E-state index in [1.807, 2.05) is 11.4 Å². The first kappa shape index (κ1) is 19.5. The quantitative estimate of drug-likeness (QED) is 0.356. The molecule has 0 bridgehead atoms. The number of hydrogen-bond acceptors (Lipinski definition) is 8. The molecular formula is C21H16N4O4S. The lowest BCUT2D eigenvalue weighted by Crippen LogP contribution is -2.11. The van der Waals surface area contributed by atoms with Crippen molar-refractivity contribution in [2.75, 3.05) is 5.32 Å². The largest absolute Gasteiger partial charge is 0.426 e. The minimum atomic E-state index is -0.446. The van der Waals surface area contributed by atoms with Crippen LogP contribution in [0.5, 0.6) is 5.75 Å². The number of esters is 1. The van der Waals surface area contributed by atoms with Crippen LogP contribution in [0.2, 0.25) is 0 Å². The summed E-state index contributed by atoms with van der Waals surface area (Å²) in [6, 6.07) is 13.8. The molecule has 1 aromatic carbocycles. The highest BCUT2D eigenvalue weighted by molar-refractivity contribution is 7.12. The highest BCUT2D eigenvalue weighted by atomic mass is 32.1. The van der Waals surface area contributed by atoms with E-state index in [0.29, 0.717) is 28.0 Å². The molecule has 0 unspecified atom stereocenters. The van der Waals surface area contributed by atoms with E-state index in [0.717, 1.165) is 5.56 Å². The number of carbonyl (C=O) groups is 2. The Morgan fingerprint density at radius 3 is 2.87 bits per heavy atom. The Morgan fingerprint density at radius 2 is 2.07 bits per heavy atom. The van der Waals surface area contributed by atoms with Crippen molar-refractivity contribution < 1.29 is 18.8 Å². The van der Waals surface area contributed by atoms with Crippen molar-refractivity contribution in [3.05, 3.63) is 77.1 Å². The zero-order chi connectivity index (χ0) is 20.8. The van der Waals surface area contributed by atoms with Crippen molar-refractivity contribution in [1.82, 2.24) is 15.1 Å². The number of ether oxygens (including phenoxy) is 1. The molecule has 4 aromatic rings. The summed E-state index contributed by atoms with van der Waals surface area (Å²) in [7, 11) is 0. The standard InChI is InChI=1S/C21H16N4O4S/c26-19(9-8-18-24-20(25-29-18)14-4-2-10-22-13-14)28-16-6-1-5-15(12-16)23-21(27)17-7-3-11-30-17/h1-7,10-13H,8-9H2,(H,23,27). The van der Waals surface area contributed by atoms with E-state index in [2.05, 4.69) is 20.4 Å². The maximum atomic E-state index is 12.2. The molecule has 0 aliphatic rings. The molecule has 3 heterocycles. The first-order valence-electron chi connectivity index (χ1n) is 9.06. The fourth-order valence-corrected chi connectivity index (χ4v) is 3.22. The van der Waals surface area contributed by atoms with E-state index < -0.39 is 5.97 Å². The topological polar surface area (TPSA) is 107 Å². The predicted octanol–water partition coefficient (Wildman–Crippen LogP) is 3.98. The van der Waals surface area contributed by atoms with Crippen LogP contribution in [0.1, 0.15) is 22.0 Å². The highest BCUT2D eigenvalue weighted by Crippen LogP contribution is 2.20. The van der Waals surface area contributed by atoms with E-state index in [-0.39, 0.29) is 18.7 Å². The number of amides is 1. The van der Waals surface area contributed by atoms with Crippen molar-refractivity contribution in [2.24, 2.45) is 0 Å². The maximum absolute atomic E-state index is 12.2. The Labute approximate surface area is 175 Å². The van der Waals surface area contributed by atoms with Crippen LogP contribution in [0.15, 0.2) is 70.8 Å². The number of nitrogens with one attached hydrogen (secondary N) is 1. The second kappa shape index (κ2) is 9.10. The number of anilines is 1. The Morgan fingerprint density at radius 1 is 1.13 bits per heavy atom. The van der Waals surface area contributed by atoms with Gasteiger partial charge in [-0.25, -0.2) is 0 Å². The zero-order valence-electron chi connectivity index (χ0n) is 15.6. The van der Waals surface area contributed by atoms with Gasteiger partial charge in [-0.2, -0.15) is 4.98 Å².